The number of carbonyl (C=O) groups excluding carboxylic acids is 2. The molecule has 4 rings (SSSR count). The summed E-state index contributed by atoms with van der Waals surface area (Å²) in [6.45, 7) is 13.2. The van der Waals surface area contributed by atoms with Gasteiger partial charge in [0.1, 0.15) is 5.60 Å². The Morgan fingerprint density at radius 3 is 2.79 bits per heavy atom. The number of hydrogen-bond acceptors (Lipinski definition) is 7. The predicted molar refractivity (Wildman–Crippen MR) is 146 cm³/mol. The number of carbonyl (C=O) groups is 2. The van der Waals surface area contributed by atoms with Crippen molar-refractivity contribution in [1.82, 2.24) is 25.5 Å². The number of nitrogens with zero attached hydrogens (tertiary/aromatic N) is 3. The van der Waals surface area contributed by atoms with Gasteiger partial charge in [-0.3, -0.25) is 9.78 Å². The molecule has 0 aromatic carbocycles. The van der Waals surface area contributed by atoms with Gasteiger partial charge in [0.25, 0.3) is 0 Å². The summed E-state index contributed by atoms with van der Waals surface area (Å²) < 4.78 is 11.1. The van der Waals surface area contributed by atoms with Crippen LogP contribution in [-0.2, 0) is 21.5 Å². The van der Waals surface area contributed by atoms with E-state index in [4.69, 9.17) is 14.5 Å². The number of fused-ring (bicyclic) bond motifs is 2. The third-order valence-corrected chi connectivity index (χ3v) is 7.43. The standard InChI is InChI=1S/C29H41N5O4/c1-6-20-17-30-16-13-29(20)19-34(25(35)12-15-32-27(36)38-28(3,4)5)18-24-22(29)10-11-23(33-24)21-9-8-14-31-26(21)37-7-2/h8-11,14,20,30H,6-7,12-13,15-19H2,1-5H3,(H,32,36). The molecule has 0 aliphatic carbocycles. The molecule has 0 saturated carbocycles. The lowest BCUT2D eigenvalue weighted by atomic mass is 9.63. The minimum atomic E-state index is -0.582. The average molecular weight is 524 g/mol. The number of nitrogens with one attached hydrogen (secondary N) is 2. The normalized spacial score (nSPS) is 21.1. The van der Waals surface area contributed by atoms with E-state index >= 15 is 0 Å². The van der Waals surface area contributed by atoms with Crippen LogP contribution in [-0.4, -0.2) is 65.3 Å². The number of rotatable bonds is 7. The van der Waals surface area contributed by atoms with Gasteiger partial charge in [0, 0.05) is 31.1 Å². The number of amides is 2. The molecule has 2 N–H and O–H groups in total. The van der Waals surface area contributed by atoms with Gasteiger partial charge in [0.2, 0.25) is 11.8 Å². The molecular weight excluding hydrogens is 482 g/mol. The second kappa shape index (κ2) is 11.7. The van der Waals surface area contributed by atoms with E-state index in [0.717, 1.165) is 42.9 Å². The summed E-state index contributed by atoms with van der Waals surface area (Å²) in [7, 11) is 0. The lowest BCUT2D eigenvalue weighted by molar-refractivity contribution is -0.134. The van der Waals surface area contributed by atoms with Crippen LogP contribution in [0.25, 0.3) is 11.3 Å². The molecule has 2 amide bonds. The largest absolute Gasteiger partial charge is 0.477 e. The molecule has 1 saturated heterocycles. The molecule has 2 aliphatic rings. The summed E-state index contributed by atoms with van der Waals surface area (Å²) in [6.07, 6.45) is 3.36. The van der Waals surface area contributed by atoms with Gasteiger partial charge in [-0.25, -0.2) is 9.78 Å². The SMILES string of the molecule is CCOc1ncccc1-c1ccc2c(n1)CN(C(=O)CCNC(=O)OC(C)(C)C)CC21CCNCC1CC. The highest BCUT2D eigenvalue weighted by Crippen LogP contribution is 2.45. The molecule has 1 spiro atoms. The second-order valence-electron chi connectivity index (χ2n) is 11.1. The van der Waals surface area contributed by atoms with E-state index in [0.29, 0.717) is 31.5 Å². The molecule has 2 aliphatic heterocycles. The number of alkyl carbamates (subject to hydrolysis) is 1. The molecule has 9 nitrogen and oxygen atoms in total. The third-order valence-electron chi connectivity index (χ3n) is 7.43. The Labute approximate surface area is 225 Å². The fraction of sp³-hybridized carbons (Fsp3) is 0.586. The highest BCUT2D eigenvalue weighted by Gasteiger charge is 2.47. The minimum absolute atomic E-state index is 0.00283. The van der Waals surface area contributed by atoms with Crippen molar-refractivity contribution in [2.24, 2.45) is 5.92 Å². The Morgan fingerprint density at radius 2 is 2.05 bits per heavy atom. The number of pyridine rings is 2. The Bertz CT molecular complexity index is 1150. The van der Waals surface area contributed by atoms with Crippen LogP contribution in [0.2, 0.25) is 0 Å². The molecule has 206 valence electrons. The van der Waals surface area contributed by atoms with E-state index < -0.39 is 11.7 Å². The monoisotopic (exact) mass is 523 g/mol. The first-order valence-electron chi connectivity index (χ1n) is 13.7. The summed E-state index contributed by atoms with van der Waals surface area (Å²) in [5.74, 6) is 0.945. The van der Waals surface area contributed by atoms with Crippen LogP contribution in [0.3, 0.4) is 0 Å². The lowest BCUT2D eigenvalue weighted by Crippen LogP contribution is -2.57. The molecular formula is C29H41N5O4. The molecule has 0 bridgehead atoms. The molecule has 38 heavy (non-hydrogen) atoms. The van der Waals surface area contributed by atoms with Crippen LogP contribution in [0.5, 0.6) is 5.88 Å². The smallest absolute Gasteiger partial charge is 0.407 e. The van der Waals surface area contributed by atoms with Crippen LogP contribution in [0.4, 0.5) is 4.79 Å². The number of piperidine rings is 1. The molecule has 9 heteroatoms. The van der Waals surface area contributed by atoms with Gasteiger partial charge in [-0.2, -0.15) is 0 Å². The zero-order chi connectivity index (χ0) is 27.3. The van der Waals surface area contributed by atoms with E-state index in [-0.39, 0.29) is 24.3 Å². The van der Waals surface area contributed by atoms with Crippen molar-refractivity contribution < 1.29 is 19.1 Å². The summed E-state index contributed by atoms with van der Waals surface area (Å²) in [6, 6.07) is 8.13. The van der Waals surface area contributed by atoms with Gasteiger partial charge in [-0.05, 0) is 76.9 Å². The van der Waals surface area contributed by atoms with Crippen LogP contribution < -0.4 is 15.4 Å². The van der Waals surface area contributed by atoms with Crippen molar-refractivity contribution in [3.8, 4) is 17.1 Å². The number of aromatic nitrogens is 2. The first kappa shape index (κ1) is 27.8. The van der Waals surface area contributed by atoms with E-state index in [1.807, 2.05) is 44.7 Å². The summed E-state index contributed by atoms with van der Waals surface area (Å²) in [4.78, 5) is 36.9. The summed E-state index contributed by atoms with van der Waals surface area (Å²) in [5.41, 5.74) is 3.06. The van der Waals surface area contributed by atoms with Crippen molar-refractivity contribution in [2.45, 2.75) is 71.4 Å². The van der Waals surface area contributed by atoms with Gasteiger partial charge in [-0.15, -0.1) is 0 Å². The van der Waals surface area contributed by atoms with Gasteiger partial charge in [-0.1, -0.05) is 19.4 Å². The fourth-order valence-electron chi connectivity index (χ4n) is 5.73. The Morgan fingerprint density at radius 1 is 1.24 bits per heavy atom. The summed E-state index contributed by atoms with van der Waals surface area (Å²) in [5, 5.41) is 6.26. The maximum absolute atomic E-state index is 13.5. The number of ether oxygens (including phenoxy) is 2. The van der Waals surface area contributed by atoms with Crippen molar-refractivity contribution in [1.29, 1.82) is 0 Å². The Hall–Kier alpha value is -3.20. The van der Waals surface area contributed by atoms with E-state index in [1.165, 1.54) is 5.56 Å². The molecule has 0 radical (unpaired) electrons. The summed E-state index contributed by atoms with van der Waals surface area (Å²) >= 11 is 0. The van der Waals surface area contributed by atoms with Crippen molar-refractivity contribution in [3.63, 3.8) is 0 Å². The van der Waals surface area contributed by atoms with Crippen LogP contribution in [0, 0.1) is 5.92 Å². The maximum atomic E-state index is 13.5. The van der Waals surface area contributed by atoms with Crippen molar-refractivity contribution in [2.75, 3.05) is 32.8 Å². The second-order valence-corrected chi connectivity index (χ2v) is 11.1. The molecule has 4 heterocycles. The first-order valence-corrected chi connectivity index (χ1v) is 13.7. The quantitative estimate of drug-likeness (QED) is 0.564. The molecule has 2 unspecified atom stereocenters. The van der Waals surface area contributed by atoms with E-state index in [9.17, 15) is 9.59 Å². The zero-order valence-corrected chi connectivity index (χ0v) is 23.3. The minimum Gasteiger partial charge on any atom is -0.477 e. The average Bonchev–Trinajstić information content (AvgIpc) is 2.88. The molecule has 2 atom stereocenters. The highest BCUT2D eigenvalue weighted by molar-refractivity contribution is 5.78. The highest BCUT2D eigenvalue weighted by atomic mass is 16.6. The topological polar surface area (TPSA) is 106 Å². The molecule has 2 aromatic heterocycles. The Kier molecular flexibility index (Phi) is 8.55. The molecule has 2 aromatic rings. The van der Waals surface area contributed by atoms with Crippen molar-refractivity contribution in [3.05, 3.63) is 41.7 Å². The van der Waals surface area contributed by atoms with Crippen LogP contribution in [0.1, 0.15) is 65.1 Å². The predicted octanol–water partition coefficient (Wildman–Crippen LogP) is 4.06. The maximum Gasteiger partial charge on any atom is 0.407 e. The fourth-order valence-corrected chi connectivity index (χ4v) is 5.73. The van der Waals surface area contributed by atoms with Gasteiger partial charge < -0.3 is 25.0 Å². The molecule has 1 fully saturated rings. The van der Waals surface area contributed by atoms with Crippen LogP contribution >= 0.6 is 0 Å². The van der Waals surface area contributed by atoms with Gasteiger partial charge in [0.05, 0.1) is 30.1 Å². The third kappa shape index (κ3) is 6.09. The first-order chi connectivity index (χ1) is 18.2. The number of hydrogen-bond donors (Lipinski definition) is 2. The zero-order valence-electron chi connectivity index (χ0n) is 23.3. The Balaban J connectivity index is 1.61. The van der Waals surface area contributed by atoms with Gasteiger partial charge in [0.15, 0.2) is 0 Å². The lowest BCUT2D eigenvalue weighted by Gasteiger charge is -2.50. The van der Waals surface area contributed by atoms with Crippen LogP contribution in [0.15, 0.2) is 30.5 Å². The van der Waals surface area contributed by atoms with E-state index in [2.05, 4.69) is 34.7 Å². The van der Waals surface area contributed by atoms with Crippen molar-refractivity contribution >= 4 is 12.0 Å². The van der Waals surface area contributed by atoms with E-state index in [1.54, 1.807) is 6.20 Å². The van der Waals surface area contributed by atoms with Gasteiger partial charge >= 0.3 is 6.09 Å².